The van der Waals surface area contributed by atoms with Crippen molar-refractivity contribution >= 4 is 16.9 Å². The number of hydrogen-bond acceptors (Lipinski definition) is 4. The lowest BCUT2D eigenvalue weighted by Gasteiger charge is -2.16. The number of para-hydroxylation sites is 2. The van der Waals surface area contributed by atoms with E-state index in [1.54, 1.807) is 18.2 Å². The Morgan fingerprint density at radius 3 is 2.07 bits per heavy atom. The summed E-state index contributed by atoms with van der Waals surface area (Å²) in [5.74, 6) is 1.29. The normalized spacial score (nSPS) is 13.2. The van der Waals surface area contributed by atoms with Crippen molar-refractivity contribution in [1.82, 2.24) is 4.98 Å². The van der Waals surface area contributed by atoms with Crippen LogP contribution in [0.15, 0.2) is 78.9 Å². The number of aromatic carboxylic acids is 1. The van der Waals surface area contributed by atoms with Crippen LogP contribution in [-0.2, 0) is 0 Å². The van der Waals surface area contributed by atoms with E-state index in [2.05, 4.69) is 0 Å². The van der Waals surface area contributed by atoms with Crippen molar-refractivity contribution in [2.24, 2.45) is 0 Å². The van der Waals surface area contributed by atoms with Gasteiger partial charge >= 0.3 is 5.97 Å². The molecule has 0 spiro atoms. The Morgan fingerprint density at radius 1 is 0.833 bits per heavy atom. The number of fused-ring (bicyclic) bond motifs is 1. The molecule has 3 aromatic carbocycles. The Morgan fingerprint density at radius 2 is 1.47 bits per heavy atom. The molecule has 1 aliphatic carbocycles. The molecule has 1 heterocycles. The third-order valence-corrected chi connectivity index (χ3v) is 5.06. The Labute approximate surface area is 173 Å². The van der Waals surface area contributed by atoms with Gasteiger partial charge in [0.05, 0.1) is 11.2 Å². The monoisotopic (exact) mass is 397 g/mol. The molecule has 0 aliphatic heterocycles. The Balaban J connectivity index is 1.68. The zero-order valence-corrected chi connectivity index (χ0v) is 16.1. The molecule has 148 valence electrons. The first-order valence-corrected chi connectivity index (χ1v) is 9.86. The summed E-state index contributed by atoms with van der Waals surface area (Å²) in [5.41, 5.74) is 1.41. The summed E-state index contributed by atoms with van der Waals surface area (Å²) in [7, 11) is 0. The van der Waals surface area contributed by atoms with E-state index in [0.717, 1.165) is 12.8 Å². The quantitative estimate of drug-likeness (QED) is 0.408. The van der Waals surface area contributed by atoms with Crippen LogP contribution in [0.25, 0.3) is 10.9 Å². The van der Waals surface area contributed by atoms with Crippen molar-refractivity contribution in [3.05, 3.63) is 90.1 Å². The number of ether oxygens (including phenoxy) is 2. The van der Waals surface area contributed by atoms with E-state index >= 15 is 0 Å². The van der Waals surface area contributed by atoms with E-state index in [1.807, 2.05) is 60.7 Å². The van der Waals surface area contributed by atoms with Crippen molar-refractivity contribution in [2.45, 2.75) is 18.8 Å². The highest BCUT2D eigenvalue weighted by molar-refractivity contribution is 6.01. The molecule has 1 saturated carbocycles. The standard InChI is InChI=1S/C25H19NO4/c27-25(28)22-23(16-11-12-16)26-21-14-13-19(29-17-7-3-1-4-8-17)15-20(21)24(22)30-18-9-5-2-6-10-18/h1-10,13-16H,11-12H2,(H,27,28). The van der Waals surface area contributed by atoms with Crippen LogP contribution in [0.3, 0.4) is 0 Å². The molecular formula is C25H19NO4. The minimum absolute atomic E-state index is 0.130. The molecule has 1 fully saturated rings. The number of benzene rings is 3. The van der Waals surface area contributed by atoms with Crippen molar-refractivity contribution < 1.29 is 19.4 Å². The summed E-state index contributed by atoms with van der Waals surface area (Å²) < 4.78 is 12.1. The molecule has 5 nitrogen and oxygen atoms in total. The Hall–Kier alpha value is -3.86. The van der Waals surface area contributed by atoms with Gasteiger partial charge < -0.3 is 14.6 Å². The van der Waals surface area contributed by atoms with Gasteiger partial charge in [0, 0.05) is 11.3 Å². The Kier molecular flexibility index (Phi) is 4.56. The summed E-state index contributed by atoms with van der Waals surface area (Å²) in [6, 6.07) is 24.1. The molecule has 0 atom stereocenters. The van der Waals surface area contributed by atoms with Gasteiger partial charge in [-0.2, -0.15) is 0 Å². The number of aromatic nitrogens is 1. The fourth-order valence-corrected chi connectivity index (χ4v) is 3.49. The molecule has 30 heavy (non-hydrogen) atoms. The maximum Gasteiger partial charge on any atom is 0.341 e. The predicted octanol–water partition coefficient (Wildman–Crippen LogP) is 6.40. The summed E-state index contributed by atoms with van der Waals surface area (Å²) in [6.45, 7) is 0. The van der Waals surface area contributed by atoms with E-state index in [9.17, 15) is 9.90 Å². The molecule has 0 saturated heterocycles. The van der Waals surface area contributed by atoms with Gasteiger partial charge in [0.25, 0.3) is 0 Å². The molecule has 0 amide bonds. The van der Waals surface area contributed by atoms with Gasteiger partial charge in [-0.3, -0.25) is 4.98 Å². The van der Waals surface area contributed by atoms with Gasteiger partial charge in [0.15, 0.2) is 5.75 Å². The maximum atomic E-state index is 12.2. The number of pyridine rings is 1. The van der Waals surface area contributed by atoms with E-state index in [4.69, 9.17) is 14.5 Å². The lowest BCUT2D eigenvalue weighted by molar-refractivity contribution is 0.0692. The molecular weight excluding hydrogens is 378 g/mol. The smallest absolute Gasteiger partial charge is 0.341 e. The van der Waals surface area contributed by atoms with E-state index in [0.29, 0.717) is 39.6 Å². The highest BCUT2D eigenvalue weighted by Gasteiger charge is 2.33. The first-order chi connectivity index (χ1) is 14.7. The molecule has 0 bridgehead atoms. The molecule has 5 rings (SSSR count). The number of carboxylic acid groups (broad SMARTS) is 1. The van der Waals surface area contributed by atoms with E-state index < -0.39 is 5.97 Å². The average molecular weight is 397 g/mol. The number of nitrogens with zero attached hydrogens (tertiary/aromatic N) is 1. The number of rotatable bonds is 6. The largest absolute Gasteiger partial charge is 0.477 e. The van der Waals surface area contributed by atoms with Gasteiger partial charge in [-0.1, -0.05) is 36.4 Å². The molecule has 1 N–H and O–H groups in total. The van der Waals surface area contributed by atoms with E-state index in [1.165, 1.54) is 0 Å². The van der Waals surface area contributed by atoms with Gasteiger partial charge in [0.2, 0.25) is 0 Å². The number of carboxylic acids is 1. The average Bonchev–Trinajstić information content (AvgIpc) is 3.60. The van der Waals surface area contributed by atoms with Gasteiger partial charge in [-0.15, -0.1) is 0 Å². The predicted molar refractivity (Wildman–Crippen MR) is 114 cm³/mol. The van der Waals surface area contributed by atoms with Crippen LogP contribution in [0.4, 0.5) is 0 Å². The van der Waals surface area contributed by atoms with Crippen LogP contribution in [0, 0.1) is 0 Å². The molecule has 4 aromatic rings. The van der Waals surface area contributed by atoms with Crippen molar-refractivity contribution in [2.75, 3.05) is 0 Å². The van der Waals surface area contributed by atoms with Crippen LogP contribution >= 0.6 is 0 Å². The summed E-state index contributed by atoms with van der Waals surface area (Å²) >= 11 is 0. The first-order valence-electron chi connectivity index (χ1n) is 9.86. The van der Waals surface area contributed by atoms with Gasteiger partial charge in [0.1, 0.15) is 22.8 Å². The third-order valence-electron chi connectivity index (χ3n) is 5.06. The van der Waals surface area contributed by atoms with Crippen molar-refractivity contribution in [3.8, 4) is 23.0 Å². The molecule has 5 heteroatoms. The van der Waals surface area contributed by atoms with Gasteiger partial charge in [-0.25, -0.2) is 4.79 Å². The minimum Gasteiger partial charge on any atom is -0.477 e. The fourth-order valence-electron chi connectivity index (χ4n) is 3.49. The highest BCUT2D eigenvalue weighted by Crippen LogP contribution is 2.46. The maximum absolute atomic E-state index is 12.2. The topological polar surface area (TPSA) is 68.7 Å². The number of carbonyl (C=O) groups is 1. The van der Waals surface area contributed by atoms with Crippen LogP contribution in [0.2, 0.25) is 0 Å². The molecule has 0 unspecified atom stereocenters. The Bertz CT molecular complexity index is 1220. The number of hydrogen-bond donors (Lipinski definition) is 1. The van der Waals surface area contributed by atoms with Crippen LogP contribution in [0.1, 0.15) is 34.8 Å². The zero-order valence-electron chi connectivity index (χ0n) is 16.1. The summed E-state index contributed by atoms with van der Waals surface area (Å²) in [4.78, 5) is 16.9. The lowest BCUT2D eigenvalue weighted by atomic mass is 10.0. The summed E-state index contributed by atoms with van der Waals surface area (Å²) in [6.07, 6.45) is 1.89. The fraction of sp³-hybridized carbons (Fsp3) is 0.120. The SMILES string of the molecule is O=C(O)c1c(C2CC2)nc2ccc(Oc3ccccc3)cc2c1Oc1ccccc1. The van der Waals surface area contributed by atoms with Crippen LogP contribution < -0.4 is 9.47 Å². The molecule has 1 aliphatic rings. The first kappa shape index (κ1) is 18.2. The second-order valence-electron chi connectivity index (χ2n) is 7.29. The molecule has 0 radical (unpaired) electrons. The highest BCUT2D eigenvalue weighted by atomic mass is 16.5. The zero-order chi connectivity index (χ0) is 20.5. The van der Waals surface area contributed by atoms with Gasteiger partial charge in [-0.05, 0) is 55.3 Å². The molecule has 1 aromatic heterocycles. The van der Waals surface area contributed by atoms with E-state index in [-0.39, 0.29) is 11.5 Å². The van der Waals surface area contributed by atoms with Crippen molar-refractivity contribution in [1.29, 1.82) is 0 Å². The second-order valence-corrected chi connectivity index (χ2v) is 7.29. The van der Waals surface area contributed by atoms with Crippen LogP contribution in [-0.4, -0.2) is 16.1 Å². The van der Waals surface area contributed by atoms with Crippen LogP contribution in [0.5, 0.6) is 23.0 Å². The minimum atomic E-state index is -1.04. The third kappa shape index (κ3) is 3.57. The van der Waals surface area contributed by atoms with Crippen molar-refractivity contribution in [3.63, 3.8) is 0 Å². The second kappa shape index (κ2) is 7.52. The summed E-state index contributed by atoms with van der Waals surface area (Å²) in [5, 5.41) is 10.6. The lowest BCUT2D eigenvalue weighted by Crippen LogP contribution is -2.08.